The summed E-state index contributed by atoms with van der Waals surface area (Å²) in [5.74, 6) is 1.10. The highest BCUT2D eigenvalue weighted by Crippen LogP contribution is 2.15. The van der Waals surface area contributed by atoms with Crippen LogP contribution < -0.4 is 5.73 Å². The summed E-state index contributed by atoms with van der Waals surface area (Å²) in [7, 11) is 2.18. The lowest BCUT2D eigenvalue weighted by Gasteiger charge is -2.32. The molecule has 5 heteroatoms. The van der Waals surface area contributed by atoms with Crippen LogP contribution in [-0.2, 0) is 6.42 Å². The van der Waals surface area contributed by atoms with Gasteiger partial charge in [-0.1, -0.05) is 0 Å². The van der Waals surface area contributed by atoms with Gasteiger partial charge in [0.15, 0.2) is 0 Å². The number of piperazine rings is 1. The maximum absolute atomic E-state index is 5.95. The summed E-state index contributed by atoms with van der Waals surface area (Å²) in [5, 5.41) is 0. The van der Waals surface area contributed by atoms with Crippen molar-refractivity contribution in [3.05, 3.63) is 30.4 Å². The van der Waals surface area contributed by atoms with E-state index in [1.807, 2.05) is 24.5 Å². The summed E-state index contributed by atoms with van der Waals surface area (Å²) >= 11 is 0. The monoisotopic (exact) mass is 259 g/mol. The molecule has 0 bridgehead atoms. The highest BCUT2D eigenvalue weighted by molar-refractivity contribution is 5.68. The molecular weight excluding hydrogens is 238 g/mol. The first-order chi connectivity index (χ1) is 9.24. The van der Waals surface area contributed by atoms with Gasteiger partial charge in [0.25, 0.3) is 0 Å². The van der Waals surface area contributed by atoms with E-state index in [2.05, 4.69) is 26.2 Å². The van der Waals surface area contributed by atoms with Crippen LogP contribution in [0.1, 0.15) is 5.82 Å². The van der Waals surface area contributed by atoms with Crippen LogP contribution in [0.25, 0.3) is 5.52 Å². The van der Waals surface area contributed by atoms with Gasteiger partial charge in [-0.25, -0.2) is 4.98 Å². The number of rotatable bonds is 3. The summed E-state index contributed by atoms with van der Waals surface area (Å²) in [5.41, 5.74) is 7.75. The third-order valence-electron chi connectivity index (χ3n) is 3.93. The van der Waals surface area contributed by atoms with Crippen molar-refractivity contribution in [1.82, 2.24) is 19.2 Å². The molecule has 1 fully saturated rings. The quantitative estimate of drug-likeness (QED) is 0.882. The molecule has 0 unspecified atom stereocenters. The van der Waals surface area contributed by atoms with E-state index in [4.69, 9.17) is 5.73 Å². The first kappa shape index (κ1) is 12.4. The Morgan fingerprint density at radius 3 is 2.84 bits per heavy atom. The van der Waals surface area contributed by atoms with Crippen LogP contribution in [0.3, 0.4) is 0 Å². The third-order valence-corrected chi connectivity index (χ3v) is 3.93. The average molecular weight is 259 g/mol. The minimum atomic E-state index is 0.792. The van der Waals surface area contributed by atoms with Gasteiger partial charge in [-0.15, -0.1) is 0 Å². The molecule has 0 atom stereocenters. The molecule has 5 nitrogen and oxygen atoms in total. The summed E-state index contributed by atoms with van der Waals surface area (Å²) in [6.45, 7) is 5.70. The Balaban J connectivity index is 1.67. The Bertz CT molecular complexity index is 554. The molecule has 2 aromatic heterocycles. The molecule has 3 heterocycles. The molecule has 1 aliphatic rings. The predicted octanol–water partition coefficient (Wildman–Crippen LogP) is 0.706. The second-order valence-electron chi connectivity index (χ2n) is 5.29. The highest BCUT2D eigenvalue weighted by atomic mass is 15.2. The molecule has 2 aromatic rings. The molecule has 0 aromatic carbocycles. The number of hydrogen-bond acceptors (Lipinski definition) is 4. The van der Waals surface area contributed by atoms with Crippen LogP contribution in [0.5, 0.6) is 0 Å². The zero-order chi connectivity index (χ0) is 13.2. The molecule has 3 rings (SSSR count). The maximum atomic E-state index is 5.95. The normalized spacial score (nSPS) is 18.2. The molecule has 102 valence electrons. The van der Waals surface area contributed by atoms with Crippen molar-refractivity contribution in [2.75, 3.05) is 45.5 Å². The number of hydrogen-bond donors (Lipinski definition) is 1. The van der Waals surface area contributed by atoms with Crippen molar-refractivity contribution in [2.24, 2.45) is 0 Å². The van der Waals surface area contributed by atoms with E-state index >= 15 is 0 Å². The smallest absolute Gasteiger partial charge is 0.114 e. The summed E-state index contributed by atoms with van der Waals surface area (Å²) < 4.78 is 2.10. The van der Waals surface area contributed by atoms with Gasteiger partial charge < -0.3 is 19.9 Å². The van der Waals surface area contributed by atoms with Crippen LogP contribution in [-0.4, -0.2) is 59.0 Å². The van der Waals surface area contributed by atoms with Gasteiger partial charge in [0.1, 0.15) is 5.82 Å². The molecule has 2 N–H and O–H groups in total. The molecule has 1 saturated heterocycles. The molecule has 0 saturated carbocycles. The van der Waals surface area contributed by atoms with Crippen molar-refractivity contribution in [3.8, 4) is 0 Å². The van der Waals surface area contributed by atoms with Gasteiger partial charge in [-0.3, -0.25) is 0 Å². The number of anilines is 1. The van der Waals surface area contributed by atoms with Crippen molar-refractivity contribution >= 4 is 11.2 Å². The molecule has 19 heavy (non-hydrogen) atoms. The van der Waals surface area contributed by atoms with E-state index in [1.165, 1.54) is 0 Å². The second kappa shape index (κ2) is 5.19. The number of fused-ring (bicyclic) bond motifs is 1. The fourth-order valence-corrected chi connectivity index (χ4v) is 2.61. The topological polar surface area (TPSA) is 49.8 Å². The van der Waals surface area contributed by atoms with Crippen molar-refractivity contribution < 1.29 is 0 Å². The van der Waals surface area contributed by atoms with Crippen LogP contribution in [0.2, 0.25) is 0 Å². The lowest BCUT2D eigenvalue weighted by Crippen LogP contribution is -2.45. The first-order valence-electron chi connectivity index (χ1n) is 6.85. The SMILES string of the molecule is CN1CCN(CCc2ncc3c(N)cccn23)CC1. The van der Waals surface area contributed by atoms with E-state index < -0.39 is 0 Å². The summed E-state index contributed by atoms with van der Waals surface area (Å²) in [6, 6.07) is 3.89. The lowest BCUT2D eigenvalue weighted by atomic mass is 10.3. The lowest BCUT2D eigenvalue weighted by molar-refractivity contribution is 0.155. The van der Waals surface area contributed by atoms with Gasteiger partial charge >= 0.3 is 0 Å². The van der Waals surface area contributed by atoms with Crippen LogP contribution in [0, 0.1) is 0 Å². The van der Waals surface area contributed by atoms with Crippen molar-refractivity contribution in [3.63, 3.8) is 0 Å². The zero-order valence-corrected chi connectivity index (χ0v) is 11.4. The van der Waals surface area contributed by atoms with E-state index in [9.17, 15) is 0 Å². The zero-order valence-electron chi connectivity index (χ0n) is 11.4. The second-order valence-corrected chi connectivity index (χ2v) is 5.29. The van der Waals surface area contributed by atoms with Crippen LogP contribution in [0.15, 0.2) is 24.5 Å². The fourth-order valence-electron chi connectivity index (χ4n) is 2.61. The minimum Gasteiger partial charge on any atom is -0.397 e. The van der Waals surface area contributed by atoms with E-state index in [0.717, 1.165) is 56.2 Å². The average Bonchev–Trinajstić information content (AvgIpc) is 2.83. The Hall–Kier alpha value is -1.59. The Morgan fingerprint density at radius 1 is 1.26 bits per heavy atom. The molecule has 0 aliphatic carbocycles. The standard InChI is InChI=1S/C14H21N5/c1-17-7-9-18(10-8-17)6-4-14-16-11-13-12(15)3-2-5-19(13)14/h2-3,5,11H,4,6-10,15H2,1H3. The molecular formula is C14H21N5. The molecule has 1 aliphatic heterocycles. The number of aromatic nitrogens is 2. The molecule has 0 radical (unpaired) electrons. The van der Waals surface area contributed by atoms with Crippen LogP contribution >= 0.6 is 0 Å². The van der Waals surface area contributed by atoms with Crippen molar-refractivity contribution in [1.29, 1.82) is 0 Å². The Labute approximate surface area is 113 Å². The first-order valence-corrected chi connectivity index (χ1v) is 6.85. The number of likely N-dealkylation sites (N-methyl/N-ethyl adjacent to an activating group) is 1. The number of nitrogens with zero attached hydrogens (tertiary/aromatic N) is 4. The highest BCUT2D eigenvalue weighted by Gasteiger charge is 2.14. The fraction of sp³-hybridized carbons (Fsp3) is 0.500. The van der Waals surface area contributed by atoms with E-state index in [0.29, 0.717) is 0 Å². The Morgan fingerprint density at radius 2 is 2.05 bits per heavy atom. The van der Waals surface area contributed by atoms with Crippen molar-refractivity contribution in [2.45, 2.75) is 6.42 Å². The molecule has 0 spiro atoms. The van der Waals surface area contributed by atoms with Gasteiger partial charge in [0.05, 0.1) is 17.4 Å². The number of imidazole rings is 1. The van der Waals surface area contributed by atoms with E-state index in [1.54, 1.807) is 0 Å². The van der Waals surface area contributed by atoms with Gasteiger partial charge in [0, 0.05) is 45.3 Å². The minimum absolute atomic E-state index is 0.792. The van der Waals surface area contributed by atoms with E-state index in [-0.39, 0.29) is 0 Å². The van der Waals surface area contributed by atoms with Gasteiger partial charge in [0.2, 0.25) is 0 Å². The number of nitrogen functional groups attached to an aromatic ring is 1. The maximum Gasteiger partial charge on any atom is 0.114 e. The van der Waals surface area contributed by atoms with Gasteiger partial charge in [-0.2, -0.15) is 0 Å². The Kier molecular flexibility index (Phi) is 3.40. The van der Waals surface area contributed by atoms with Crippen LogP contribution in [0.4, 0.5) is 5.69 Å². The third kappa shape index (κ3) is 2.57. The summed E-state index contributed by atoms with van der Waals surface area (Å²) in [4.78, 5) is 9.39. The number of nitrogens with two attached hydrogens (primary N) is 1. The molecule has 0 amide bonds. The largest absolute Gasteiger partial charge is 0.397 e. The predicted molar refractivity (Wildman–Crippen MR) is 77.2 cm³/mol. The van der Waals surface area contributed by atoms with Gasteiger partial charge in [-0.05, 0) is 19.2 Å². The summed E-state index contributed by atoms with van der Waals surface area (Å²) in [6.07, 6.45) is 4.88. The number of pyridine rings is 1.